The fourth-order valence-electron chi connectivity index (χ4n) is 6.39. The smallest absolute Gasteiger partial charge is 0.352 e. The summed E-state index contributed by atoms with van der Waals surface area (Å²) < 4.78 is 4.97. The molecule has 1 saturated heterocycles. The molecule has 2 aliphatic heterocycles. The molecule has 3 aromatic rings. The Morgan fingerprint density at radius 1 is 0.895 bits per heavy atom. The second kappa shape index (κ2) is 18.4. The number of ether oxygens (including phenoxy) is 1. The number of amides is 4. The number of rotatable bonds is 17. The van der Waals surface area contributed by atoms with Gasteiger partial charge < -0.3 is 45.8 Å². The number of para-hydroxylation sites is 2. The molecule has 18 heteroatoms. The lowest BCUT2D eigenvalue weighted by molar-refractivity contribution is -0.154. The number of phenols is 4. The number of hydrogen-bond donors (Lipinski definition) is 7. The summed E-state index contributed by atoms with van der Waals surface area (Å²) in [6.45, 7) is 0.257. The highest BCUT2D eigenvalue weighted by molar-refractivity contribution is 8.00. The number of esters is 1. The minimum atomic E-state index is -1.38. The third-order valence-electron chi connectivity index (χ3n) is 9.26. The van der Waals surface area contributed by atoms with Crippen molar-refractivity contribution in [1.82, 2.24) is 20.4 Å². The molecule has 0 bridgehead atoms. The van der Waals surface area contributed by atoms with Crippen LogP contribution < -0.4 is 10.6 Å². The lowest BCUT2D eigenvalue weighted by Crippen LogP contribution is -2.62. The number of carbonyl (C=O) groups excluding carboxylic acids is 6. The van der Waals surface area contributed by atoms with E-state index in [1.807, 2.05) is 0 Å². The number of thioether (sulfide) groups is 1. The first kappa shape index (κ1) is 41.6. The fraction of sp³-hybridized carbons (Fsp3) is 0.308. The second-order valence-electron chi connectivity index (χ2n) is 13.2. The summed E-state index contributed by atoms with van der Waals surface area (Å²) in [5.41, 5.74) is -0.128. The molecule has 2 aliphatic rings. The van der Waals surface area contributed by atoms with Crippen LogP contribution in [-0.4, -0.2) is 114 Å². The van der Waals surface area contributed by atoms with Gasteiger partial charge in [-0.05, 0) is 42.7 Å². The summed E-state index contributed by atoms with van der Waals surface area (Å²) in [6.07, 6.45) is 0.148. The van der Waals surface area contributed by atoms with Gasteiger partial charge in [0.2, 0.25) is 11.8 Å². The number of carboxylic acid groups (broad SMARTS) is 1. The first-order chi connectivity index (χ1) is 27.2. The molecule has 300 valence electrons. The van der Waals surface area contributed by atoms with Crippen molar-refractivity contribution in [3.8, 4) is 23.0 Å². The van der Waals surface area contributed by atoms with Crippen LogP contribution >= 0.6 is 11.8 Å². The summed E-state index contributed by atoms with van der Waals surface area (Å²) in [7, 11) is 0. The predicted molar refractivity (Wildman–Crippen MR) is 202 cm³/mol. The number of aromatic hydroxyl groups is 4. The van der Waals surface area contributed by atoms with E-state index in [4.69, 9.17) is 4.74 Å². The molecule has 0 saturated carbocycles. The van der Waals surface area contributed by atoms with Crippen LogP contribution in [0.25, 0.3) is 0 Å². The topological polar surface area (TPSA) is 260 Å². The molecule has 0 spiro atoms. The van der Waals surface area contributed by atoms with Crippen LogP contribution in [0.1, 0.15) is 58.5 Å². The molecular weight excluding hydrogens is 765 g/mol. The number of fused-ring (bicyclic) bond motifs is 1. The number of benzene rings is 3. The van der Waals surface area contributed by atoms with Crippen LogP contribution in [0.15, 0.2) is 78.0 Å². The standard InChI is InChI=1S/C39H40N4O13S/c1-21(44)56-19-23-20-57-38-26(37(53)43(38)32(23)39(54)55)17-29(47)31(22-9-3-2-4-10-22)41-30(48)18-42(36(52)25-12-8-14-28(46)34(25)50)16-6-5-15-40-35(51)24-11-7-13-27(45)33(24)49/h2-4,7-14,26,31,38,45-46,49-50H,5-6,15-20H2,1H3,(H,40,51)(H,41,48)(H,54,55)/t26-,31?,38-/m1/s1. The predicted octanol–water partition coefficient (Wildman–Crippen LogP) is 2.41. The minimum Gasteiger partial charge on any atom is -0.504 e. The Hall–Kier alpha value is -6.56. The Labute approximate surface area is 329 Å². The zero-order chi connectivity index (χ0) is 41.4. The normalized spacial score (nSPS) is 16.4. The van der Waals surface area contributed by atoms with E-state index in [0.717, 1.165) is 9.80 Å². The van der Waals surface area contributed by atoms with E-state index in [1.54, 1.807) is 30.3 Å². The molecule has 3 atom stereocenters. The van der Waals surface area contributed by atoms with Gasteiger partial charge in [-0.3, -0.25) is 33.7 Å². The molecule has 57 heavy (non-hydrogen) atoms. The van der Waals surface area contributed by atoms with Crippen LogP contribution in [0.3, 0.4) is 0 Å². The van der Waals surface area contributed by atoms with Crippen molar-refractivity contribution in [2.45, 2.75) is 37.6 Å². The van der Waals surface area contributed by atoms with Gasteiger partial charge in [0.05, 0.1) is 29.0 Å². The summed E-state index contributed by atoms with van der Waals surface area (Å²) in [5, 5.41) is 54.6. The largest absolute Gasteiger partial charge is 0.504 e. The number of Topliss-reactive ketones (excluding diaryl/α,β-unsaturated/α-hetero) is 1. The monoisotopic (exact) mass is 804 g/mol. The van der Waals surface area contributed by atoms with Crippen LogP contribution in [0.2, 0.25) is 0 Å². The van der Waals surface area contributed by atoms with E-state index < -0.39 is 88.2 Å². The minimum absolute atomic E-state index is 0.0806. The zero-order valence-corrected chi connectivity index (χ0v) is 31.4. The van der Waals surface area contributed by atoms with Crippen molar-refractivity contribution < 1.29 is 63.8 Å². The number of carbonyl (C=O) groups is 7. The molecular formula is C39H40N4O13S. The molecule has 1 unspecified atom stereocenters. The Balaban J connectivity index is 1.28. The molecule has 0 radical (unpaired) electrons. The van der Waals surface area contributed by atoms with Crippen LogP contribution in [0.5, 0.6) is 23.0 Å². The molecule has 1 fully saturated rings. The van der Waals surface area contributed by atoms with Crippen LogP contribution in [0.4, 0.5) is 0 Å². The van der Waals surface area contributed by atoms with Gasteiger partial charge in [0.25, 0.3) is 11.8 Å². The van der Waals surface area contributed by atoms with E-state index in [2.05, 4.69) is 10.6 Å². The van der Waals surface area contributed by atoms with E-state index in [9.17, 15) is 59.1 Å². The van der Waals surface area contributed by atoms with Crippen molar-refractivity contribution in [3.05, 3.63) is 94.7 Å². The van der Waals surface area contributed by atoms with Crippen molar-refractivity contribution in [2.24, 2.45) is 5.92 Å². The van der Waals surface area contributed by atoms with Crippen LogP contribution in [-0.2, 0) is 28.7 Å². The maximum absolute atomic E-state index is 13.9. The first-order valence-corrected chi connectivity index (χ1v) is 18.7. The molecule has 3 aromatic carbocycles. The Bertz CT molecular complexity index is 2110. The molecule has 4 amide bonds. The zero-order valence-electron chi connectivity index (χ0n) is 30.5. The number of phenolic OH excluding ortho intramolecular Hbond substituents is 4. The molecule has 0 aromatic heterocycles. The van der Waals surface area contributed by atoms with Gasteiger partial charge >= 0.3 is 11.9 Å². The summed E-state index contributed by atoms with van der Waals surface area (Å²) in [4.78, 5) is 92.8. The highest BCUT2D eigenvalue weighted by Gasteiger charge is 2.54. The number of hydrogen-bond acceptors (Lipinski definition) is 13. The number of aliphatic carboxylic acids is 1. The van der Waals surface area contributed by atoms with Gasteiger partial charge in [0, 0.05) is 37.8 Å². The second-order valence-corrected chi connectivity index (χ2v) is 14.3. The number of unbranched alkanes of at least 4 members (excludes halogenated alkanes) is 1. The van der Waals surface area contributed by atoms with Gasteiger partial charge in [-0.2, -0.15) is 0 Å². The lowest BCUT2D eigenvalue weighted by Gasteiger charge is -2.49. The van der Waals surface area contributed by atoms with Gasteiger partial charge in [0.1, 0.15) is 18.3 Å². The van der Waals surface area contributed by atoms with Gasteiger partial charge in [-0.15, -0.1) is 11.8 Å². The highest BCUT2D eigenvalue weighted by Crippen LogP contribution is 2.45. The molecule has 5 rings (SSSR count). The summed E-state index contributed by atoms with van der Waals surface area (Å²) in [5.74, 6) is -8.53. The number of β-lactam (4-membered cyclic amide) rings is 1. The molecule has 17 nitrogen and oxygen atoms in total. The molecule has 2 heterocycles. The Morgan fingerprint density at radius 2 is 1.54 bits per heavy atom. The number of carboxylic acids is 1. The van der Waals surface area contributed by atoms with E-state index in [1.165, 1.54) is 55.1 Å². The summed E-state index contributed by atoms with van der Waals surface area (Å²) in [6, 6.07) is 14.6. The average Bonchev–Trinajstić information content (AvgIpc) is 3.19. The Kier molecular flexibility index (Phi) is 13.4. The molecule has 0 aliphatic carbocycles. The van der Waals surface area contributed by atoms with Gasteiger partial charge in [-0.25, -0.2) is 4.79 Å². The lowest BCUT2D eigenvalue weighted by atomic mass is 9.87. The summed E-state index contributed by atoms with van der Waals surface area (Å²) >= 11 is 1.22. The van der Waals surface area contributed by atoms with Crippen molar-refractivity contribution in [2.75, 3.05) is 32.0 Å². The maximum Gasteiger partial charge on any atom is 0.352 e. The van der Waals surface area contributed by atoms with Crippen LogP contribution in [0, 0.1) is 5.92 Å². The van der Waals surface area contributed by atoms with Crippen molar-refractivity contribution in [3.63, 3.8) is 0 Å². The third-order valence-corrected chi connectivity index (χ3v) is 10.7. The van der Waals surface area contributed by atoms with Gasteiger partial charge in [0.15, 0.2) is 28.8 Å². The number of nitrogens with zero attached hydrogens (tertiary/aromatic N) is 2. The quantitative estimate of drug-likeness (QED) is 0.0448. The maximum atomic E-state index is 13.9. The van der Waals surface area contributed by atoms with E-state index in [-0.39, 0.29) is 67.1 Å². The van der Waals surface area contributed by atoms with E-state index >= 15 is 0 Å². The highest BCUT2D eigenvalue weighted by atomic mass is 32.2. The van der Waals surface area contributed by atoms with Gasteiger partial charge in [-0.1, -0.05) is 42.5 Å². The first-order valence-electron chi connectivity index (χ1n) is 17.7. The SMILES string of the molecule is CC(=O)OCC1=C(C(=O)O)N2C(=O)[C@@H](CC(=O)C(NC(=O)CN(CCCCNC(=O)c3cccc(O)c3O)C(=O)c3cccc(O)c3O)c3ccccc3)[C@H]2SC1. The number of ketones is 1. The third kappa shape index (κ3) is 9.64. The Morgan fingerprint density at radius 3 is 2.19 bits per heavy atom. The fourth-order valence-corrected chi connectivity index (χ4v) is 7.79. The molecule has 7 N–H and O–H groups in total. The van der Waals surface area contributed by atoms with Crippen molar-refractivity contribution in [1.29, 1.82) is 0 Å². The van der Waals surface area contributed by atoms with E-state index in [0.29, 0.717) is 5.56 Å². The average molecular weight is 805 g/mol. The number of nitrogens with one attached hydrogen (secondary N) is 2. The van der Waals surface area contributed by atoms with Crippen molar-refractivity contribution >= 4 is 53.1 Å².